The SMILES string of the molecule is [NH3+]CC(=O)N[C@H](CC(=O)[O-])C(=O)[O-]. The normalized spacial score (nSPS) is 11.8. The number of quaternary nitrogens is 1. The van der Waals surface area contributed by atoms with Crippen LogP contribution in [0.4, 0.5) is 0 Å². The lowest BCUT2D eigenvalue weighted by Gasteiger charge is -2.18. The van der Waals surface area contributed by atoms with E-state index in [9.17, 15) is 24.6 Å². The first-order valence-corrected chi connectivity index (χ1v) is 3.46. The third-order valence-electron chi connectivity index (χ3n) is 1.22. The second-order valence-electron chi connectivity index (χ2n) is 2.27. The van der Waals surface area contributed by atoms with Crippen LogP contribution in [0.5, 0.6) is 0 Å². The largest absolute Gasteiger partial charge is 0.550 e. The zero-order chi connectivity index (χ0) is 10.4. The van der Waals surface area contributed by atoms with Crippen molar-refractivity contribution in [3.05, 3.63) is 0 Å². The molecule has 0 spiro atoms. The summed E-state index contributed by atoms with van der Waals surface area (Å²) < 4.78 is 0. The summed E-state index contributed by atoms with van der Waals surface area (Å²) in [6.45, 7) is -0.170. The summed E-state index contributed by atoms with van der Waals surface area (Å²) in [4.78, 5) is 30.9. The lowest BCUT2D eigenvalue weighted by atomic mass is 10.2. The first-order chi connectivity index (χ1) is 5.97. The van der Waals surface area contributed by atoms with Crippen LogP contribution in [0.15, 0.2) is 0 Å². The van der Waals surface area contributed by atoms with E-state index in [0.29, 0.717) is 0 Å². The number of hydrogen-bond donors (Lipinski definition) is 2. The average molecular weight is 189 g/mol. The average Bonchev–Trinajstić information content (AvgIpc) is 2.02. The number of nitrogens with one attached hydrogen (secondary N) is 1. The van der Waals surface area contributed by atoms with Gasteiger partial charge in [0.25, 0.3) is 5.91 Å². The van der Waals surface area contributed by atoms with Crippen molar-refractivity contribution in [1.82, 2.24) is 5.32 Å². The number of amides is 1. The van der Waals surface area contributed by atoms with Crippen LogP contribution in [0.3, 0.4) is 0 Å². The van der Waals surface area contributed by atoms with Crippen molar-refractivity contribution < 1.29 is 30.3 Å². The van der Waals surface area contributed by atoms with Crippen LogP contribution in [-0.4, -0.2) is 30.4 Å². The maximum atomic E-state index is 10.6. The Morgan fingerprint density at radius 1 is 1.31 bits per heavy atom. The van der Waals surface area contributed by atoms with E-state index >= 15 is 0 Å². The highest BCUT2D eigenvalue weighted by Gasteiger charge is 2.13. The Balaban J connectivity index is 4.18. The number of aliphatic carboxylic acids is 2. The van der Waals surface area contributed by atoms with Crippen molar-refractivity contribution in [3.63, 3.8) is 0 Å². The van der Waals surface area contributed by atoms with Crippen LogP contribution in [0.1, 0.15) is 6.42 Å². The third kappa shape index (κ3) is 4.75. The molecule has 0 aromatic rings. The van der Waals surface area contributed by atoms with E-state index in [4.69, 9.17) is 0 Å². The quantitative estimate of drug-likeness (QED) is 0.444. The van der Waals surface area contributed by atoms with Crippen molar-refractivity contribution in [2.75, 3.05) is 6.54 Å². The fraction of sp³-hybridized carbons (Fsp3) is 0.500. The zero-order valence-corrected chi connectivity index (χ0v) is 6.74. The van der Waals surface area contributed by atoms with Crippen LogP contribution >= 0.6 is 0 Å². The van der Waals surface area contributed by atoms with Gasteiger partial charge in [0.2, 0.25) is 0 Å². The molecule has 1 atom stereocenters. The summed E-state index contributed by atoms with van der Waals surface area (Å²) in [6.07, 6.45) is -0.811. The molecule has 74 valence electrons. The van der Waals surface area contributed by atoms with E-state index in [-0.39, 0.29) is 6.54 Å². The molecule has 0 bridgehead atoms. The van der Waals surface area contributed by atoms with Crippen LogP contribution in [-0.2, 0) is 14.4 Å². The predicted molar refractivity (Wildman–Crippen MR) is 34.3 cm³/mol. The minimum atomic E-state index is -1.66. The molecule has 0 rings (SSSR count). The highest BCUT2D eigenvalue weighted by molar-refractivity contribution is 5.85. The van der Waals surface area contributed by atoms with Crippen LogP contribution < -0.4 is 21.3 Å². The number of carboxylic acids is 2. The fourth-order valence-electron chi connectivity index (χ4n) is 0.626. The van der Waals surface area contributed by atoms with Crippen LogP contribution in [0, 0.1) is 0 Å². The summed E-state index contributed by atoms with van der Waals surface area (Å²) in [5, 5.41) is 22.2. The van der Waals surface area contributed by atoms with Gasteiger partial charge in [-0.05, 0) is 0 Å². The standard InChI is InChI=1S/C6H10N2O5/c7-2-4(9)8-3(6(12)13)1-5(10)11/h3H,1-2,7H2,(H,8,9)(H,10,11)(H,12,13)/p-1/t3-/m1/s1. The van der Waals surface area contributed by atoms with E-state index in [1.807, 2.05) is 5.32 Å². The summed E-state index contributed by atoms with van der Waals surface area (Å²) >= 11 is 0. The van der Waals surface area contributed by atoms with E-state index in [1.165, 1.54) is 0 Å². The van der Waals surface area contributed by atoms with Gasteiger partial charge in [-0.2, -0.15) is 0 Å². The van der Waals surface area contributed by atoms with Gasteiger partial charge in [0, 0.05) is 12.4 Å². The molecule has 0 fully saturated rings. The molecule has 0 unspecified atom stereocenters. The number of rotatable bonds is 5. The summed E-state index contributed by atoms with van der Waals surface area (Å²) in [6, 6.07) is -1.56. The first-order valence-electron chi connectivity index (χ1n) is 3.46. The molecular formula is C6H9N2O5-. The van der Waals surface area contributed by atoms with Gasteiger partial charge >= 0.3 is 0 Å². The fourth-order valence-corrected chi connectivity index (χ4v) is 0.626. The Bertz CT molecular complexity index is 227. The predicted octanol–water partition coefficient (Wildman–Crippen LogP) is -5.40. The Morgan fingerprint density at radius 3 is 2.15 bits per heavy atom. The van der Waals surface area contributed by atoms with Gasteiger partial charge < -0.3 is 30.9 Å². The van der Waals surface area contributed by atoms with Gasteiger partial charge in [0.05, 0.1) is 12.0 Å². The smallest absolute Gasteiger partial charge is 0.275 e. The summed E-state index contributed by atoms with van der Waals surface area (Å²) in [7, 11) is 0. The molecule has 0 radical (unpaired) electrons. The van der Waals surface area contributed by atoms with Gasteiger partial charge in [-0.15, -0.1) is 0 Å². The van der Waals surface area contributed by atoms with E-state index in [2.05, 4.69) is 5.73 Å². The Hall–Kier alpha value is -1.63. The molecule has 7 heteroatoms. The van der Waals surface area contributed by atoms with E-state index in [0.717, 1.165) is 0 Å². The van der Waals surface area contributed by atoms with Crippen LogP contribution in [0.25, 0.3) is 0 Å². The number of carbonyl (C=O) groups excluding carboxylic acids is 3. The van der Waals surface area contributed by atoms with Crippen molar-refractivity contribution in [3.8, 4) is 0 Å². The number of carbonyl (C=O) groups is 3. The van der Waals surface area contributed by atoms with Crippen molar-refractivity contribution >= 4 is 17.8 Å². The van der Waals surface area contributed by atoms with Crippen molar-refractivity contribution in [1.29, 1.82) is 0 Å². The second kappa shape index (κ2) is 5.09. The minimum absolute atomic E-state index is 0.170. The molecule has 0 aromatic carbocycles. The molecule has 0 aliphatic heterocycles. The van der Waals surface area contributed by atoms with Crippen molar-refractivity contribution in [2.45, 2.75) is 12.5 Å². The molecule has 7 nitrogen and oxygen atoms in total. The molecule has 0 saturated carbocycles. The lowest BCUT2D eigenvalue weighted by Crippen LogP contribution is -2.60. The molecule has 0 saturated heterocycles. The molecule has 0 heterocycles. The van der Waals surface area contributed by atoms with Gasteiger partial charge in [-0.1, -0.05) is 0 Å². The Kier molecular flexibility index (Phi) is 4.45. The highest BCUT2D eigenvalue weighted by atomic mass is 16.4. The number of hydrogen-bond acceptors (Lipinski definition) is 5. The maximum Gasteiger partial charge on any atom is 0.275 e. The summed E-state index contributed by atoms with van der Waals surface area (Å²) in [5.74, 6) is -3.89. The van der Waals surface area contributed by atoms with E-state index in [1.54, 1.807) is 0 Å². The molecule has 4 N–H and O–H groups in total. The maximum absolute atomic E-state index is 10.6. The lowest BCUT2D eigenvalue weighted by molar-refractivity contribution is -0.355. The third-order valence-corrected chi connectivity index (χ3v) is 1.22. The Morgan fingerprint density at radius 2 is 1.85 bits per heavy atom. The highest BCUT2D eigenvalue weighted by Crippen LogP contribution is 1.88. The second-order valence-corrected chi connectivity index (χ2v) is 2.27. The summed E-state index contributed by atoms with van der Waals surface area (Å²) in [5.41, 5.74) is 3.19. The van der Waals surface area contributed by atoms with Crippen LogP contribution in [0.2, 0.25) is 0 Å². The molecule has 0 aliphatic rings. The molecular weight excluding hydrogens is 180 g/mol. The van der Waals surface area contributed by atoms with E-state index < -0.39 is 30.3 Å². The molecule has 1 amide bonds. The Labute approximate surface area is 73.5 Å². The number of carboxylic acid groups (broad SMARTS) is 2. The zero-order valence-electron chi connectivity index (χ0n) is 6.74. The monoisotopic (exact) mass is 189 g/mol. The first kappa shape index (κ1) is 11.4. The van der Waals surface area contributed by atoms with Gasteiger partial charge in [-0.25, -0.2) is 0 Å². The van der Waals surface area contributed by atoms with Crippen molar-refractivity contribution in [2.24, 2.45) is 0 Å². The molecule has 13 heavy (non-hydrogen) atoms. The van der Waals surface area contributed by atoms with Gasteiger partial charge in [0.15, 0.2) is 6.54 Å². The topological polar surface area (TPSA) is 137 Å². The van der Waals surface area contributed by atoms with Gasteiger partial charge in [-0.3, -0.25) is 4.79 Å². The molecule has 0 aliphatic carbocycles. The minimum Gasteiger partial charge on any atom is -0.550 e. The molecule has 0 aromatic heterocycles. The van der Waals surface area contributed by atoms with Gasteiger partial charge in [0.1, 0.15) is 0 Å².